The van der Waals surface area contributed by atoms with Gasteiger partial charge in [-0.25, -0.2) is 0 Å². The first kappa shape index (κ1) is 15.8. The molecular formula is C18H19NO3. The van der Waals surface area contributed by atoms with Gasteiger partial charge in [-0.05, 0) is 56.7 Å². The van der Waals surface area contributed by atoms with E-state index in [9.17, 15) is 9.59 Å². The van der Waals surface area contributed by atoms with E-state index in [0.29, 0.717) is 11.3 Å². The predicted octanol–water partition coefficient (Wildman–Crippen LogP) is 3.52. The second kappa shape index (κ2) is 6.89. The van der Waals surface area contributed by atoms with Crippen molar-refractivity contribution in [3.63, 3.8) is 0 Å². The average Bonchev–Trinajstić information content (AvgIpc) is 2.50. The van der Waals surface area contributed by atoms with Crippen molar-refractivity contribution in [2.75, 3.05) is 5.32 Å². The molecule has 2 rings (SSSR count). The predicted molar refractivity (Wildman–Crippen MR) is 86.5 cm³/mol. The quantitative estimate of drug-likeness (QED) is 0.859. The lowest BCUT2D eigenvalue weighted by Gasteiger charge is -2.16. The van der Waals surface area contributed by atoms with E-state index in [1.54, 1.807) is 31.2 Å². The lowest BCUT2D eigenvalue weighted by atomic mass is 10.1. The van der Waals surface area contributed by atoms with Crippen LogP contribution in [0.15, 0.2) is 42.5 Å². The molecular weight excluding hydrogens is 278 g/mol. The molecule has 2 aromatic carbocycles. The van der Waals surface area contributed by atoms with Crippen molar-refractivity contribution >= 4 is 17.9 Å². The van der Waals surface area contributed by atoms with Crippen LogP contribution in [0.4, 0.5) is 5.69 Å². The highest BCUT2D eigenvalue weighted by atomic mass is 16.5. The van der Waals surface area contributed by atoms with E-state index in [1.165, 1.54) is 0 Å². The number of rotatable bonds is 5. The molecule has 1 amide bonds. The fourth-order valence-corrected chi connectivity index (χ4v) is 2.07. The first-order valence-electron chi connectivity index (χ1n) is 7.09. The molecule has 0 spiro atoms. The summed E-state index contributed by atoms with van der Waals surface area (Å²) in [6, 6.07) is 12.5. The smallest absolute Gasteiger partial charge is 0.265 e. The highest BCUT2D eigenvalue weighted by Gasteiger charge is 2.15. The number of nitrogens with one attached hydrogen (secondary N) is 1. The van der Waals surface area contributed by atoms with Crippen LogP contribution in [0.5, 0.6) is 5.75 Å². The molecule has 0 fully saturated rings. The maximum absolute atomic E-state index is 12.2. The van der Waals surface area contributed by atoms with Crippen LogP contribution in [0, 0.1) is 13.8 Å². The topological polar surface area (TPSA) is 55.4 Å². The summed E-state index contributed by atoms with van der Waals surface area (Å²) in [6.07, 6.45) is 0.128. The minimum atomic E-state index is -0.636. The molecule has 4 heteroatoms. The van der Waals surface area contributed by atoms with Gasteiger partial charge in [0.05, 0.1) is 0 Å². The normalized spacial score (nSPS) is 11.6. The van der Waals surface area contributed by atoms with Crippen LogP contribution in [0.2, 0.25) is 0 Å². The Morgan fingerprint density at radius 3 is 2.41 bits per heavy atom. The van der Waals surface area contributed by atoms with Gasteiger partial charge in [-0.3, -0.25) is 9.59 Å². The molecule has 0 saturated carbocycles. The van der Waals surface area contributed by atoms with Gasteiger partial charge in [0, 0.05) is 11.3 Å². The summed E-state index contributed by atoms with van der Waals surface area (Å²) in [5.41, 5.74) is 3.51. The SMILES string of the molecule is Cc1ccc(NC(=O)C(C)Oc2ccc(C=O)cc2)c(C)c1. The van der Waals surface area contributed by atoms with E-state index in [1.807, 2.05) is 32.0 Å². The highest BCUT2D eigenvalue weighted by Crippen LogP contribution is 2.18. The van der Waals surface area contributed by atoms with Crippen LogP contribution in [0.1, 0.15) is 28.4 Å². The third-order valence-corrected chi connectivity index (χ3v) is 3.34. The van der Waals surface area contributed by atoms with Crippen LogP contribution in [-0.4, -0.2) is 18.3 Å². The summed E-state index contributed by atoms with van der Waals surface area (Å²) in [5, 5.41) is 2.86. The minimum absolute atomic E-state index is 0.216. The molecule has 0 radical (unpaired) electrons. The molecule has 0 aliphatic heterocycles. The van der Waals surface area contributed by atoms with E-state index in [-0.39, 0.29) is 5.91 Å². The Labute approximate surface area is 130 Å². The maximum Gasteiger partial charge on any atom is 0.265 e. The Morgan fingerprint density at radius 1 is 1.14 bits per heavy atom. The van der Waals surface area contributed by atoms with E-state index >= 15 is 0 Å². The number of hydrogen-bond acceptors (Lipinski definition) is 3. The Hall–Kier alpha value is -2.62. The number of ether oxygens (including phenoxy) is 1. The van der Waals surface area contributed by atoms with Crippen LogP contribution in [0.25, 0.3) is 0 Å². The molecule has 0 saturated heterocycles. The molecule has 22 heavy (non-hydrogen) atoms. The number of benzene rings is 2. The van der Waals surface area contributed by atoms with E-state index < -0.39 is 6.10 Å². The Balaban J connectivity index is 2.00. The number of aryl methyl sites for hydroxylation is 2. The van der Waals surface area contributed by atoms with E-state index in [4.69, 9.17) is 4.74 Å². The van der Waals surface area contributed by atoms with Crippen molar-refractivity contribution in [2.45, 2.75) is 26.9 Å². The van der Waals surface area contributed by atoms with Crippen molar-refractivity contribution in [3.8, 4) is 5.75 Å². The van der Waals surface area contributed by atoms with Crippen molar-refractivity contribution in [1.82, 2.24) is 0 Å². The molecule has 1 unspecified atom stereocenters. The van der Waals surface area contributed by atoms with Gasteiger partial charge in [0.25, 0.3) is 5.91 Å². The lowest BCUT2D eigenvalue weighted by molar-refractivity contribution is -0.122. The molecule has 1 N–H and O–H groups in total. The second-order valence-electron chi connectivity index (χ2n) is 5.25. The molecule has 0 aliphatic rings. The fourth-order valence-electron chi connectivity index (χ4n) is 2.07. The standard InChI is InChI=1S/C18H19NO3/c1-12-4-9-17(13(2)10-12)19-18(21)14(3)22-16-7-5-15(11-20)6-8-16/h4-11,14H,1-3H3,(H,19,21). The molecule has 0 aliphatic carbocycles. The van der Waals surface area contributed by atoms with Gasteiger partial charge in [-0.1, -0.05) is 17.7 Å². The van der Waals surface area contributed by atoms with E-state index in [2.05, 4.69) is 5.32 Å². The van der Waals surface area contributed by atoms with Crippen molar-refractivity contribution < 1.29 is 14.3 Å². The molecule has 114 valence electrons. The van der Waals surface area contributed by atoms with Gasteiger partial charge in [-0.15, -0.1) is 0 Å². The zero-order valence-electron chi connectivity index (χ0n) is 12.9. The number of carbonyl (C=O) groups is 2. The van der Waals surface area contributed by atoms with Gasteiger partial charge in [-0.2, -0.15) is 0 Å². The van der Waals surface area contributed by atoms with Crippen molar-refractivity contribution in [1.29, 1.82) is 0 Å². The van der Waals surface area contributed by atoms with Crippen molar-refractivity contribution in [3.05, 3.63) is 59.2 Å². The third-order valence-electron chi connectivity index (χ3n) is 3.34. The fraction of sp³-hybridized carbons (Fsp3) is 0.222. The number of hydrogen-bond donors (Lipinski definition) is 1. The molecule has 4 nitrogen and oxygen atoms in total. The van der Waals surface area contributed by atoms with Gasteiger partial charge in [0.1, 0.15) is 12.0 Å². The van der Waals surface area contributed by atoms with E-state index in [0.717, 1.165) is 23.1 Å². The van der Waals surface area contributed by atoms with Crippen molar-refractivity contribution in [2.24, 2.45) is 0 Å². The maximum atomic E-state index is 12.2. The number of carbonyl (C=O) groups excluding carboxylic acids is 2. The van der Waals surface area contributed by atoms with Crippen LogP contribution in [0.3, 0.4) is 0 Å². The monoisotopic (exact) mass is 297 g/mol. The summed E-state index contributed by atoms with van der Waals surface area (Å²) in [5.74, 6) is 0.334. The Morgan fingerprint density at radius 2 is 1.82 bits per heavy atom. The largest absolute Gasteiger partial charge is 0.481 e. The number of aldehydes is 1. The summed E-state index contributed by atoms with van der Waals surface area (Å²) >= 11 is 0. The number of anilines is 1. The highest BCUT2D eigenvalue weighted by molar-refractivity contribution is 5.94. The number of amides is 1. The second-order valence-corrected chi connectivity index (χ2v) is 5.25. The zero-order valence-corrected chi connectivity index (χ0v) is 12.9. The lowest BCUT2D eigenvalue weighted by Crippen LogP contribution is -2.30. The molecule has 1 atom stereocenters. The molecule has 0 heterocycles. The Bertz CT molecular complexity index is 677. The summed E-state index contributed by atoms with van der Waals surface area (Å²) < 4.78 is 5.58. The minimum Gasteiger partial charge on any atom is -0.481 e. The first-order chi connectivity index (χ1) is 10.5. The van der Waals surface area contributed by atoms with Gasteiger partial charge in [0.2, 0.25) is 0 Å². The third kappa shape index (κ3) is 3.95. The average molecular weight is 297 g/mol. The van der Waals surface area contributed by atoms with Crippen LogP contribution in [-0.2, 0) is 4.79 Å². The molecule has 2 aromatic rings. The molecule has 0 bridgehead atoms. The van der Waals surface area contributed by atoms with Gasteiger partial charge < -0.3 is 10.1 Å². The Kier molecular flexibility index (Phi) is 4.94. The van der Waals surface area contributed by atoms with Crippen LogP contribution < -0.4 is 10.1 Å². The summed E-state index contributed by atoms with van der Waals surface area (Å²) in [4.78, 5) is 22.8. The zero-order chi connectivity index (χ0) is 16.1. The summed E-state index contributed by atoms with van der Waals surface area (Å²) in [7, 11) is 0. The van der Waals surface area contributed by atoms with Gasteiger partial charge >= 0.3 is 0 Å². The summed E-state index contributed by atoms with van der Waals surface area (Å²) in [6.45, 7) is 5.64. The molecule has 0 aromatic heterocycles. The van der Waals surface area contributed by atoms with Crippen LogP contribution >= 0.6 is 0 Å². The first-order valence-corrected chi connectivity index (χ1v) is 7.09. The van der Waals surface area contributed by atoms with Gasteiger partial charge in [0.15, 0.2) is 6.10 Å².